The summed E-state index contributed by atoms with van der Waals surface area (Å²) in [5.41, 5.74) is 1.54. The largest absolute Gasteiger partial charge is 0.494 e. The van der Waals surface area contributed by atoms with Crippen molar-refractivity contribution in [3.05, 3.63) is 53.8 Å². The van der Waals surface area contributed by atoms with Gasteiger partial charge in [0.15, 0.2) is 11.6 Å². The highest BCUT2D eigenvalue weighted by atomic mass is 32.2. The van der Waals surface area contributed by atoms with Crippen LogP contribution in [0.4, 0.5) is 10.1 Å². The molecule has 0 saturated heterocycles. The molecule has 0 aliphatic rings. The molecule has 0 unspecified atom stereocenters. The normalized spacial score (nSPS) is 10.3. The zero-order valence-electron chi connectivity index (χ0n) is 12.6. The maximum absolute atomic E-state index is 13.6. The van der Waals surface area contributed by atoms with E-state index in [0.717, 1.165) is 16.1 Å². The molecule has 0 heterocycles. The van der Waals surface area contributed by atoms with Crippen LogP contribution in [0.5, 0.6) is 5.75 Å². The number of nitrogens with one attached hydrogen (secondary N) is 1. The lowest BCUT2D eigenvalue weighted by atomic mass is 10.1. The van der Waals surface area contributed by atoms with E-state index in [2.05, 4.69) is 5.32 Å². The molecule has 116 valence electrons. The highest BCUT2D eigenvalue weighted by Gasteiger charge is 2.07. The Morgan fingerprint density at radius 2 is 1.95 bits per heavy atom. The number of carbonyl (C=O) groups is 1. The predicted molar refractivity (Wildman–Crippen MR) is 88.1 cm³/mol. The molecule has 1 amide bonds. The average molecular weight is 319 g/mol. The second-order valence-electron chi connectivity index (χ2n) is 4.75. The summed E-state index contributed by atoms with van der Waals surface area (Å²) in [5, 5.41) is 2.83. The molecule has 0 spiro atoms. The first kappa shape index (κ1) is 16.4. The van der Waals surface area contributed by atoms with Crippen molar-refractivity contribution in [1.29, 1.82) is 0 Å². The number of rotatable bonds is 6. The first-order valence-corrected chi connectivity index (χ1v) is 8.11. The van der Waals surface area contributed by atoms with Crippen molar-refractivity contribution in [2.75, 3.05) is 18.7 Å². The summed E-state index contributed by atoms with van der Waals surface area (Å²) in [6, 6.07) is 12.4. The van der Waals surface area contributed by atoms with Gasteiger partial charge in [-0.3, -0.25) is 4.79 Å². The van der Waals surface area contributed by atoms with E-state index in [1.807, 2.05) is 30.5 Å². The molecule has 0 radical (unpaired) electrons. The van der Waals surface area contributed by atoms with Crippen LogP contribution in [0.15, 0.2) is 47.4 Å². The SMILES string of the molecule is COc1ccc(CCC(=O)Nc2ccc(SC)cc2)cc1F. The zero-order valence-corrected chi connectivity index (χ0v) is 13.4. The maximum Gasteiger partial charge on any atom is 0.224 e. The van der Waals surface area contributed by atoms with E-state index >= 15 is 0 Å². The third kappa shape index (κ3) is 4.49. The van der Waals surface area contributed by atoms with E-state index in [1.54, 1.807) is 23.9 Å². The van der Waals surface area contributed by atoms with Gasteiger partial charge in [-0.05, 0) is 54.6 Å². The van der Waals surface area contributed by atoms with E-state index in [1.165, 1.54) is 13.2 Å². The lowest BCUT2D eigenvalue weighted by Crippen LogP contribution is -2.12. The Morgan fingerprint density at radius 3 is 2.55 bits per heavy atom. The molecule has 0 saturated carbocycles. The Bertz CT molecular complexity index is 644. The van der Waals surface area contributed by atoms with E-state index in [0.29, 0.717) is 12.8 Å². The van der Waals surface area contributed by atoms with Crippen LogP contribution in [-0.4, -0.2) is 19.3 Å². The fraction of sp³-hybridized carbons (Fsp3) is 0.235. The molecule has 5 heteroatoms. The molecular weight excluding hydrogens is 301 g/mol. The summed E-state index contributed by atoms with van der Waals surface area (Å²) in [4.78, 5) is 13.1. The second kappa shape index (κ2) is 7.84. The van der Waals surface area contributed by atoms with Gasteiger partial charge in [0.2, 0.25) is 5.91 Å². The number of ether oxygens (including phenoxy) is 1. The van der Waals surface area contributed by atoms with Crippen LogP contribution in [0.1, 0.15) is 12.0 Å². The number of amides is 1. The monoisotopic (exact) mass is 319 g/mol. The fourth-order valence-corrected chi connectivity index (χ4v) is 2.43. The molecule has 0 atom stereocenters. The highest BCUT2D eigenvalue weighted by Crippen LogP contribution is 2.19. The molecule has 1 N–H and O–H groups in total. The molecule has 2 rings (SSSR count). The van der Waals surface area contributed by atoms with Crippen molar-refractivity contribution in [3.8, 4) is 5.75 Å². The van der Waals surface area contributed by atoms with Crippen LogP contribution in [0.3, 0.4) is 0 Å². The van der Waals surface area contributed by atoms with Crippen LogP contribution in [0.2, 0.25) is 0 Å². The molecule has 0 aromatic heterocycles. The van der Waals surface area contributed by atoms with Crippen molar-refractivity contribution in [2.45, 2.75) is 17.7 Å². The number of anilines is 1. The molecule has 0 bridgehead atoms. The number of thioether (sulfide) groups is 1. The Kier molecular flexibility index (Phi) is 5.83. The predicted octanol–water partition coefficient (Wildman–Crippen LogP) is 4.13. The van der Waals surface area contributed by atoms with Crippen LogP contribution in [-0.2, 0) is 11.2 Å². The first-order valence-electron chi connectivity index (χ1n) is 6.88. The smallest absolute Gasteiger partial charge is 0.224 e. The summed E-state index contributed by atoms with van der Waals surface area (Å²) >= 11 is 1.65. The van der Waals surface area contributed by atoms with Crippen molar-refractivity contribution in [3.63, 3.8) is 0 Å². The van der Waals surface area contributed by atoms with Crippen molar-refractivity contribution >= 4 is 23.4 Å². The van der Waals surface area contributed by atoms with Gasteiger partial charge in [0, 0.05) is 17.0 Å². The fourth-order valence-electron chi connectivity index (χ4n) is 2.02. The molecule has 3 nitrogen and oxygen atoms in total. The lowest BCUT2D eigenvalue weighted by molar-refractivity contribution is -0.116. The highest BCUT2D eigenvalue weighted by molar-refractivity contribution is 7.98. The Balaban J connectivity index is 1.88. The molecule has 0 fully saturated rings. The summed E-state index contributed by atoms with van der Waals surface area (Å²) in [6.45, 7) is 0. The maximum atomic E-state index is 13.6. The standard InChI is InChI=1S/C17H18FNO2S/c1-21-16-9-3-12(11-15(16)18)4-10-17(20)19-13-5-7-14(22-2)8-6-13/h3,5-9,11H,4,10H2,1-2H3,(H,19,20). The van der Waals surface area contributed by atoms with Crippen molar-refractivity contribution in [2.24, 2.45) is 0 Å². The van der Waals surface area contributed by atoms with Gasteiger partial charge >= 0.3 is 0 Å². The number of hydrogen-bond donors (Lipinski definition) is 1. The summed E-state index contributed by atoms with van der Waals surface area (Å²) in [7, 11) is 1.42. The van der Waals surface area contributed by atoms with E-state index in [9.17, 15) is 9.18 Å². The summed E-state index contributed by atoms with van der Waals surface area (Å²) in [6.07, 6.45) is 2.78. The molecule has 2 aromatic rings. The van der Waals surface area contributed by atoms with Gasteiger partial charge in [0.1, 0.15) is 0 Å². The zero-order chi connectivity index (χ0) is 15.9. The van der Waals surface area contributed by atoms with E-state index in [-0.39, 0.29) is 11.7 Å². The lowest BCUT2D eigenvalue weighted by Gasteiger charge is -2.07. The van der Waals surface area contributed by atoms with Crippen LogP contribution in [0, 0.1) is 5.82 Å². The van der Waals surface area contributed by atoms with Crippen LogP contribution >= 0.6 is 11.8 Å². The number of halogens is 1. The third-order valence-corrected chi connectivity index (χ3v) is 3.97. The summed E-state index contributed by atoms with van der Waals surface area (Å²) < 4.78 is 18.4. The molecule has 0 aliphatic heterocycles. The van der Waals surface area contributed by atoms with E-state index in [4.69, 9.17) is 4.74 Å². The Labute approximate surface area is 133 Å². The number of hydrogen-bond acceptors (Lipinski definition) is 3. The molecule has 0 aliphatic carbocycles. The van der Waals surface area contributed by atoms with Gasteiger partial charge in [-0.2, -0.15) is 0 Å². The molecular formula is C17H18FNO2S. The second-order valence-corrected chi connectivity index (χ2v) is 5.63. The van der Waals surface area contributed by atoms with Gasteiger partial charge < -0.3 is 10.1 Å². The quantitative estimate of drug-likeness (QED) is 0.814. The van der Waals surface area contributed by atoms with Gasteiger partial charge in [-0.1, -0.05) is 6.07 Å². The van der Waals surface area contributed by atoms with Gasteiger partial charge in [0.05, 0.1) is 7.11 Å². The van der Waals surface area contributed by atoms with Crippen LogP contribution < -0.4 is 10.1 Å². The van der Waals surface area contributed by atoms with Crippen molar-refractivity contribution < 1.29 is 13.9 Å². The van der Waals surface area contributed by atoms with Crippen molar-refractivity contribution in [1.82, 2.24) is 0 Å². The molecule has 2 aromatic carbocycles. The Morgan fingerprint density at radius 1 is 1.23 bits per heavy atom. The van der Waals surface area contributed by atoms with Gasteiger partial charge in [-0.15, -0.1) is 11.8 Å². The topological polar surface area (TPSA) is 38.3 Å². The first-order chi connectivity index (χ1) is 10.6. The number of carbonyl (C=O) groups excluding carboxylic acids is 1. The number of benzene rings is 2. The molecule has 22 heavy (non-hydrogen) atoms. The van der Waals surface area contributed by atoms with Crippen LogP contribution in [0.25, 0.3) is 0 Å². The number of aryl methyl sites for hydroxylation is 1. The minimum atomic E-state index is -0.409. The summed E-state index contributed by atoms with van der Waals surface area (Å²) in [5.74, 6) is -0.289. The average Bonchev–Trinajstić information content (AvgIpc) is 2.54. The number of methoxy groups -OCH3 is 1. The Hall–Kier alpha value is -2.01. The van der Waals surface area contributed by atoms with E-state index < -0.39 is 5.82 Å². The minimum absolute atomic E-state index is 0.0897. The van der Waals surface area contributed by atoms with Gasteiger partial charge in [0.25, 0.3) is 0 Å². The van der Waals surface area contributed by atoms with Gasteiger partial charge in [-0.25, -0.2) is 4.39 Å². The minimum Gasteiger partial charge on any atom is -0.494 e. The third-order valence-electron chi connectivity index (χ3n) is 3.23.